The van der Waals surface area contributed by atoms with Crippen LogP contribution in [0.25, 0.3) is 11.1 Å². The lowest BCUT2D eigenvalue weighted by molar-refractivity contribution is 0.0603. The number of nitrogens with zero attached hydrogens (tertiary/aromatic N) is 1. The zero-order valence-electron chi connectivity index (χ0n) is 11.7. The molecule has 0 bridgehead atoms. The molecule has 0 saturated heterocycles. The quantitative estimate of drug-likeness (QED) is 0.849. The molecule has 0 amide bonds. The Labute approximate surface area is 118 Å². The first-order valence-electron chi connectivity index (χ1n) is 6.34. The van der Waals surface area contributed by atoms with Gasteiger partial charge in [0.25, 0.3) is 0 Å². The first-order chi connectivity index (χ1) is 9.51. The maximum atomic E-state index is 11.9. The lowest BCUT2D eigenvalue weighted by atomic mass is 10.0. The number of ether oxygens (including phenoxy) is 1. The molecule has 102 valence electrons. The molecule has 0 radical (unpaired) electrons. The first kappa shape index (κ1) is 13.9. The van der Waals surface area contributed by atoms with E-state index in [-0.39, 0.29) is 11.3 Å². The van der Waals surface area contributed by atoms with E-state index in [4.69, 9.17) is 10.5 Å². The van der Waals surface area contributed by atoms with E-state index in [9.17, 15) is 10.1 Å². The molecule has 0 atom stereocenters. The van der Waals surface area contributed by atoms with E-state index in [1.807, 2.05) is 24.3 Å². The van der Waals surface area contributed by atoms with Crippen LogP contribution in [0.5, 0.6) is 0 Å². The van der Waals surface area contributed by atoms with Crippen molar-refractivity contribution in [1.29, 1.82) is 5.26 Å². The number of methoxy groups -OCH3 is 1. The van der Waals surface area contributed by atoms with Crippen LogP contribution < -0.4 is 5.73 Å². The third-order valence-corrected chi connectivity index (χ3v) is 3.40. The molecule has 4 nitrogen and oxygen atoms in total. The molecule has 0 aliphatic heterocycles. The van der Waals surface area contributed by atoms with Crippen LogP contribution in [-0.4, -0.2) is 13.1 Å². The molecule has 0 saturated carbocycles. The molecule has 2 N–H and O–H groups in total. The van der Waals surface area contributed by atoms with Crippen molar-refractivity contribution < 1.29 is 9.53 Å². The Kier molecular flexibility index (Phi) is 3.62. The number of esters is 1. The summed E-state index contributed by atoms with van der Waals surface area (Å²) in [5.74, 6) is -0.215. The highest BCUT2D eigenvalue weighted by Gasteiger charge is 2.26. The van der Waals surface area contributed by atoms with Gasteiger partial charge in [-0.05, 0) is 17.5 Å². The van der Waals surface area contributed by atoms with Crippen molar-refractivity contribution in [2.75, 3.05) is 12.8 Å². The molecule has 0 spiro atoms. The molecular formula is C16H16N2O2. The fourth-order valence-electron chi connectivity index (χ4n) is 2.28. The predicted octanol–water partition coefficient (Wildman–Crippen LogP) is 3.16. The van der Waals surface area contributed by atoms with Gasteiger partial charge in [-0.2, -0.15) is 5.26 Å². The summed E-state index contributed by atoms with van der Waals surface area (Å²) in [5.41, 5.74) is 9.15. The van der Waals surface area contributed by atoms with Gasteiger partial charge in [-0.15, -0.1) is 0 Å². The smallest absolute Gasteiger partial charge is 0.340 e. The number of anilines is 1. The standard InChI is InChI=1S/C16H16N2O2/c1-9(2)10-5-4-6-11-12(7-10)14(16(19)20-3)15(18)13(11)8-17/h4-7,9H,18H2,1-3H3. The monoisotopic (exact) mass is 268 g/mol. The largest absolute Gasteiger partial charge is 0.465 e. The Bertz CT molecular complexity index is 684. The van der Waals surface area contributed by atoms with E-state index in [1.54, 1.807) is 0 Å². The van der Waals surface area contributed by atoms with Crippen molar-refractivity contribution >= 4 is 11.7 Å². The van der Waals surface area contributed by atoms with Crippen molar-refractivity contribution in [2.24, 2.45) is 0 Å². The Morgan fingerprint density at radius 1 is 1.35 bits per heavy atom. The molecule has 2 rings (SSSR count). The SMILES string of the molecule is COC(=O)c1c2cc(C(C)C)cccc-2c(C#N)c1N. The van der Waals surface area contributed by atoms with Crippen LogP contribution in [0.4, 0.5) is 5.69 Å². The van der Waals surface area contributed by atoms with Crippen LogP contribution in [0.1, 0.15) is 41.3 Å². The van der Waals surface area contributed by atoms with Gasteiger partial charge in [-0.1, -0.05) is 32.0 Å². The normalized spacial score (nSPS) is 10.6. The second-order valence-corrected chi connectivity index (χ2v) is 4.92. The second-order valence-electron chi connectivity index (χ2n) is 4.92. The number of fused-ring (bicyclic) bond motifs is 1. The number of carbonyl (C=O) groups excluding carboxylic acids is 1. The molecular weight excluding hydrogens is 252 g/mol. The summed E-state index contributed by atoms with van der Waals surface area (Å²) in [4.78, 5) is 11.9. The molecule has 0 heterocycles. The van der Waals surface area contributed by atoms with E-state index >= 15 is 0 Å². The van der Waals surface area contributed by atoms with Gasteiger partial charge in [0.15, 0.2) is 0 Å². The summed E-state index contributed by atoms with van der Waals surface area (Å²) in [7, 11) is 1.30. The maximum absolute atomic E-state index is 11.9. The van der Waals surface area contributed by atoms with Crippen molar-refractivity contribution in [1.82, 2.24) is 0 Å². The number of hydrogen-bond donors (Lipinski definition) is 1. The highest BCUT2D eigenvalue weighted by atomic mass is 16.5. The van der Waals surface area contributed by atoms with E-state index in [1.165, 1.54) is 7.11 Å². The number of nitrogen functional groups attached to an aromatic ring is 1. The van der Waals surface area contributed by atoms with Gasteiger partial charge < -0.3 is 10.5 Å². The average molecular weight is 268 g/mol. The van der Waals surface area contributed by atoms with Crippen molar-refractivity contribution in [3.63, 3.8) is 0 Å². The Balaban J connectivity index is 2.85. The topological polar surface area (TPSA) is 76.1 Å². The highest BCUT2D eigenvalue weighted by molar-refractivity contribution is 6.07. The number of carbonyl (C=O) groups is 1. The van der Waals surface area contributed by atoms with Gasteiger partial charge in [0.05, 0.1) is 23.9 Å². The molecule has 0 aromatic carbocycles. The number of rotatable bonds is 2. The van der Waals surface area contributed by atoms with Gasteiger partial charge in [0, 0.05) is 11.1 Å². The van der Waals surface area contributed by atoms with Crippen LogP contribution in [-0.2, 0) is 4.74 Å². The fourth-order valence-corrected chi connectivity index (χ4v) is 2.28. The average Bonchev–Trinajstić information content (AvgIpc) is 2.57. The lowest BCUT2D eigenvalue weighted by Crippen LogP contribution is -2.04. The van der Waals surface area contributed by atoms with Gasteiger partial charge in [0.2, 0.25) is 0 Å². The van der Waals surface area contributed by atoms with E-state index < -0.39 is 5.97 Å². The van der Waals surface area contributed by atoms with Crippen molar-refractivity contribution in [3.05, 3.63) is 41.0 Å². The second kappa shape index (κ2) is 5.22. The number of hydrogen-bond acceptors (Lipinski definition) is 4. The predicted molar refractivity (Wildman–Crippen MR) is 77.6 cm³/mol. The first-order valence-corrected chi connectivity index (χ1v) is 6.34. The summed E-state index contributed by atoms with van der Waals surface area (Å²) < 4.78 is 4.79. The van der Waals surface area contributed by atoms with Crippen LogP contribution >= 0.6 is 0 Å². The summed E-state index contributed by atoms with van der Waals surface area (Å²) in [6.45, 7) is 4.13. The summed E-state index contributed by atoms with van der Waals surface area (Å²) in [6.07, 6.45) is 0. The van der Waals surface area contributed by atoms with E-state index in [0.717, 1.165) is 5.56 Å². The minimum atomic E-state index is -0.519. The fraction of sp³-hybridized carbons (Fsp3) is 0.250. The van der Waals surface area contributed by atoms with E-state index in [2.05, 4.69) is 19.9 Å². The summed E-state index contributed by atoms with van der Waals surface area (Å²) in [5, 5.41) is 9.26. The molecule has 0 unspecified atom stereocenters. The third kappa shape index (κ3) is 2.08. The molecule has 4 heteroatoms. The Morgan fingerprint density at radius 2 is 2.05 bits per heavy atom. The molecule has 2 aliphatic rings. The molecule has 20 heavy (non-hydrogen) atoms. The van der Waals surface area contributed by atoms with E-state index in [0.29, 0.717) is 22.6 Å². The minimum Gasteiger partial charge on any atom is -0.465 e. The zero-order chi connectivity index (χ0) is 14.9. The van der Waals surface area contributed by atoms with Crippen molar-refractivity contribution in [2.45, 2.75) is 19.8 Å². The summed E-state index contributed by atoms with van der Waals surface area (Å²) in [6, 6.07) is 9.63. The van der Waals surface area contributed by atoms with Crippen LogP contribution in [0, 0.1) is 11.3 Å². The number of nitriles is 1. The number of nitrogens with two attached hydrogens (primary N) is 1. The van der Waals surface area contributed by atoms with Gasteiger partial charge in [-0.25, -0.2) is 4.79 Å². The molecule has 0 aromatic rings. The van der Waals surface area contributed by atoms with Gasteiger partial charge >= 0.3 is 5.97 Å². The highest BCUT2D eigenvalue weighted by Crippen LogP contribution is 2.39. The summed E-state index contributed by atoms with van der Waals surface area (Å²) >= 11 is 0. The van der Waals surface area contributed by atoms with Crippen LogP contribution in [0.15, 0.2) is 24.3 Å². The van der Waals surface area contributed by atoms with Gasteiger partial charge in [-0.3, -0.25) is 0 Å². The third-order valence-electron chi connectivity index (χ3n) is 3.40. The van der Waals surface area contributed by atoms with Gasteiger partial charge in [0.1, 0.15) is 6.07 Å². The molecule has 0 fully saturated rings. The maximum Gasteiger partial charge on any atom is 0.340 e. The lowest BCUT2D eigenvalue weighted by Gasteiger charge is -2.04. The minimum absolute atomic E-state index is 0.190. The van der Waals surface area contributed by atoms with Crippen LogP contribution in [0.3, 0.4) is 0 Å². The Hall–Kier alpha value is -2.54. The van der Waals surface area contributed by atoms with Crippen LogP contribution in [0.2, 0.25) is 0 Å². The molecule has 2 aliphatic carbocycles. The van der Waals surface area contributed by atoms with Crippen molar-refractivity contribution in [3.8, 4) is 17.2 Å². The Morgan fingerprint density at radius 3 is 2.60 bits per heavy atom. The zero-order valence-corrected chi connectivity index (χ0v) is 11.7. The molecule has 0 aromatic heterocycles.